The molecule has 0 N–H and O–H groups in total. The molecule has 0 spiro atoms. The number of ketones is 1. The summed E-state index contributed by atoms with van der Waals surface area (Å²) in [7, 11) is 3.10. The summed E-state index contributed by atoms with van der Waals surface area (Å²) in [5.41, 5.74) is 1.14. The third kappa shape index (κ3) is 5.40. The number of hydrogen-bond donors (Lipinski definition) is 0. The van der Waals surface area contributed by atoms with Crippen LogP contribution < -0.4 is 9.47 Å². The van der Waals surface area contributed by atoms with Crippen LogP contribution in [0.4, 0.5) is 0 Å². The van der Waals surface area contributed by atoms with Crippen molar-refractivity contribution in [2.75, 3.05) is 14.2 Å². The van der Waals surface area contributed by atoms with Gasteiger partial charge in [0.1, 0.15) is 17.6 Å². The standard InChI is InChI=1S/C20H18Cl2O4/c1-13(26-12-14-5-7-15(24-2)8-6-14)4-9-19(23)20-17(21)10-16(25-3)11-18(20)22/h5-8,10-11,13H,12H2,1-3H3/t13-/m1/s1. The Morgan fingerprint density at radius 1 is 1.04 bits per heavy atom. The van der Waals surface area contributed by atoms with Gasteiger partial charge in [0.25, 0.3) is 0 Å². The van der Waals surface area contributed by atoms with Crippen LogP contribution in [0.15, 0.2) is 36.4 Å². The Kier molecular flexibility index (Phi) is 7.35. The number of halogens is 2. The molecule has 2 aromatic rings. The maximum atomic E-state index is 12.3. The van der Waals surface area contributed by atoms with E-state index in [1.54, 1.807) is 14.0 Å². The molecule has 0 saturated carbocycles. The van der Waals surface area contributed by atoms with Crippen molar-refractivity contribution in [2.24, 2.45) is 0 Å². The molecular formula is C20H18Cl2O4. The lowest BCUT2D eigenvalue weighted by Crippen LogP contribution is -2.07. The summed E-state index contributed by atoms with van der Waals surface area (Å²) < 4.78 is 15.8. The van der Waals surface area contributed by atoms with Crippen LogP contribution in [-0.2, 0) is 11.3 Å². The quantitative estimate of drug-likeness (QED) is 0.402. The molecule has 0 unspecified atom stereocenters. The molecule has 0 aromatic heterocycles. The van der Waals surface area contributed by atoms with Crippen LogP contribution in [0.2, 0.25) is 10.0 Å². The van der Waals surface area contributed by atoms with Crippen molar-refractivity contribution in [2.45, 2.75) is 19.6 Å². The van der Waals surface area contributed by atoms with E-state index in [0.717, 1.165) is 11.3 Å². The van der Waals surface area contributed by atoms with E-state index in [1.165, 1.54) is 19.2 Å². The molecule has 26 heavy (non-hydrogen) atoms. The maximum Gasteiger partial charge on any atom is 0.238 e. The second-order valence-corrected chi connectivity index (χ2v) is 6.18. The van der Waals surface area contributed by atoms with E-state index in [4.69, 9.17) is 37.4 Å². The zero-order valence-electron chi connectivity index (χ0n) is 14.6. The Morgan fingerprint density at radius 2 is 1.62 bits per heavy atom. The maximum absolute atomic E-state index is 12.3. The molecule has 0 aliphatic carbocycles. The number of ether oxygens (including phenoxy) is 3. The molecule has 0 saturated heterocycles. The van der Waals surface area contributed by atoms with Crippen LogP contribution in [0, 0.1) is 11.8 Å². The molecule has 0 heterocycles. The van der Waals surface area contributed by atoms with Crippen molar-refractivity contribution < 1.29 is 19.0 Å². The van der Waals surface area contributed by atoms with E-state index in [-0.39, 0.29) is 15.6 Å². The van der Waals surface area contributed by atoms with Crippen molar-refractivity contribution in [3.8, 4) is 23.3 Å². The van der Waals surface area contributed by atoms with Crippen LogP contribution in [0.25, 0.3) is 0 Å². The Hall–Kier alpha value is -2.19. The first-order valence-corrected chi connectivity index (χ1v) is 8.53. The van der Waals surface area contributed by atoms with Crippen LogP contribution in [-0.4, -0.2) is 26.1 Å². The molecule has 2 rings (SSSR count). The van der Waals surface area contributed by atoms with Gasteiger partial charge in [-0.3, -0.25) is 4.79 Å². The normalized spacial score (nSPS) is 11.3. The summed E-state index contributed by atoms with van der Waals surface area (Å²) in [5, 5.41) is 0.390. The minimum Gasteiger partial charge on any atom is -0.497 e. The first-order valence-electron chi connectivity index (χ1n) is 7.78. The molecule has 4 nitrogen and oxygen atoms in total. The fourth-order valence-corrected chi connectivity index (χ4v) is 2.74. The molecule has 0 aliphatic heterocycles. The van der Waals surface area contributed by atoms with Crippen molar-refractivity contribution in [3.05, 3.63) is 57.6 Å². The number of methoxy groups -OCH3 is 2. The van der Waals surface area contributed by atoms with Gasteiger partial charge in [0, 0.05) is 0 Å². The van der Waals surface area contributed by atoms with E-state index in [2.05, 4.69) is 11.8 Å². The van der Waals surface area contributed by atoms with Gasteiger partial charge in [-0.2, -0.15) is 0 Å². The lowest BCUT2D eigenvalue weighted by atomic mass is 10.1. The third-order valence-corrected chi connectivity index (χ3v) is 4.12. The van der Waals surface area contributed by atoms with Gasteiger partial charge in [0.2, 0.25) is 5.78 Å². The van der Waals surface area contributed by atoms with E-state index in [9.17, 15) is 4.79 Å². The highest BCUT2D eigenvalue weighted by atomic mass is 35.5. The van der Waals surface area contributed by atoms with Crippen molar-refractivity contribution >= 4 is 29.0 Å². The summed E-state index contributed by atoms with van der Waals surface area (Å²) in [5.74, 6) is 6.07. The Labute approximate surface area is 163 Å². The highest BCUT2D eigenvalue weighted by Gasteiger charge is 2.15. The van der Waals surface area contributed by atoms with Gasteiger partial charge in [-0.05, 0) is 42.7 Å². The number of Topliss-reactive ketones (excluding diaryl/α,β-unsaturated/α-hetero) is 1. The Morgan fingerprint density at radius 3 is 2.15 bits per heavy atom. The molecule has 136 valence electrons. The molecular weight excluding hydrogens is 375 g/mol. The topological polar surface area (TPSA) is 44.8 Å². The van der Waals surface area contributed by atoms with E-state index in [0.29, 0.717) is 12.4 Å². The van der Waals surface area contributed by atoms with Gasteiger partial charge in [-0.15, -0.1) is 0 Å². The first-order chi connectivity index (χ1) is 12.4. The SMILES string of the molecule is COc1ccc(CO[C@H](C)C#CC(=O)c2c(Cl)cc(OC)cc2Cl)cc1. The predicted molar refractivity (Wildman–Crippen MR) is 102 cm³/mol. The summed E-state index contributed by atoms with van der Waals surface area (Å²) in [4.78, 5) is 12.3. The molecule has 0 radical (unpaired) electrons. The number of hydrogen-bond acceptors (Lipinski definition) is 4. The monoisotopic (exact) mass is 392 g/mol. The van der Waals surface area contributed by atoms with Crippen molar-refractivity contribution in [3.63, 3.8) is 0 Å². The largest absolute Gasteiger partial charge is 0.497 e. The summed E-state index contributed by atoms with van der Waals surface area (Å²) in [6.07, 6.45) is -0.433. The minimum absolute atomic E-state index is 0.156. The summed E-state index contributed by atoms with van der Waals surface area (Å²) in [6.45, 7) is 2.14. The first kappa shape index (κ1) is 20.1. The second-order valence-electron chi connectivity index (χ2n) is 5.37. The highest BCUT2D eigenvalue weighted by Crippen LogP contribution is 2.30. The Balaban J connectivity index is 2.00. The van der Waals surface area contributed by atoms with Gasteiger partial charge in [0.15, 0.2) is 0 Å². The summed E-state index contributed by atoms with van der Waals surface area (Å²) in [6, 6.07) is 10.6. The predicted octanol–water partition coefficient (Wildman–Crippen LogP) is 4.80. The van der Waals surface area contributed by atoms with Gasteiger partial charge < -0.3 is 14.2 Å². The molecule has 6 heteroatoms. The zero-order valence-corrected chi connectivity index (χ0v) is 16.1. The fourth-order valence-electron chi connectivity index (χ4n) is 2.10. The fraction of sp³-hybridized carbons (Fsp3) is 0.250. The van der Waals surface area contributed by atoms with Crippen molar-refractivity contribution in [1.82, 2.24) is 0 Å². The molecule has 0 bridgehead atoms. The second kappa shape index (κ2) is 9.49. The van der Waals surface area contributed by atoms with Crippen LogP contribution in [0.3, 0.4) is 0 Å². The number of rotatable bonds is 6. The minimum atomic E-state index is -0.470. The summed E-state index contributed by atoms with van der Waals surface area (Å²) >= 11 is 12.2. The van der Waals surface area contributed by atoms with E-state index < -0.39 is 11.9 Å². The number of carbonyl (C=O) groups excluding carboxylic acids is 1. The molecule has 1 atom stereocenters. The smallest absolute Gasteiger partial charge is 0.238 e. The van der Waals surface area contributed by atoms with Gasteiger partial charge in [0.05, 0.1) is 36.4 Å². The van der Waals surface area contributed by atoms with Crippen molar-refractivity contribution in [1.29, 1.82) is 0 Å². The van der Waals surface area contributed by atoms with Gasteiger partial charge in [-0.1, -0.05) is 41.3 Å². The van der Waals surface area contributed by atoms with Crippen LogP contribution >= 0.6 is 23.2 Å². The van der Waals surface area contributed by atoms with E-state index >= 15 is 0 Å². The van der Waals surface area contributed by atoms with Crippen LogP contribution in [0.5, 0.6) is 11.5 Å². The average molecular weight is 393 g/mol. The van der Waals surface area contributed by atoms with Gasteiger partial charge >= 0.3 is 0 Å². The molecule has 0 amide bonds. The lowest BCUT2D eigenvalue weighted by molar-refractivity contribution is 0.0895. The van der Waals surface area contributed by atoms with Gasteiger partial charge in [-0.25, -0.2) is 0 Å². The third-order valence-electron chi connectivity index (χ3n) is 3.53. The zero-order chi connectivity index (χ0) is 19.1. The molecule has 0 aliphatic rings. The van der Waals surface area contributed by atoms with E-state index in [1.807, 2.05) is 24.3 Å². The average Bonchev–Trinajstić information content (AvgIpc) is 2.64. The lowest BCUT2D eigenvalue weighted by Gasteiger charge is -2.08. The van der Waals surface area contributed by atoms with Crippen LogP contribution in [0.1, 0.15) is 22.8 Å². The Bertz CT molecular complexity index is 812. The molecule has 2 aromatic carbocycles. The number of carbonyl (C=O) groups is 1. The highest BCUT2D eigenvalue weighted by molar-refractivity contribution is 6.41. The molecule has 0 fully saturated rings. The number of benzene rings is 2.